The van der Waals surface area contributed by atoms with Crippen molar-refractivity contribution in [1.29, 1.82) is 0 Å². The minimum absolute atomic E-state index is 0.0318. The van der Waals surface area contributed by atoms with Gasteiger partial charge in [-0.15, -0.1) is 0 Å². The molecule has 2 rings (SSSR count). The van der Waals surface area contributed by atoms with Crippen molar-refractivity contribution < 1.29 is 14.6 Å². The van der Waals surface area contributed by atoms with Crippen LogP contribution >= 0.6 is 0 Å². The molecule has 2 N–H and O–H groups in total. The van der Waals surface area contributed by atoms with Crippen molar-refractivity contribution in [2.24, 2.45) is 0 Å². The van der Waals surface area contributed by atoms with E-state index >= 15 is 0 Å². The van der Waals surface area contributed by atoms with Gasteiger partial charge in [0.15, 0.2) is 0 Å². The standard InChI is InChI=1S/C17H26N2O3/c1-12(11-20)19(2)17(21)18-10-14-6-4-5-13-9-15(22-3)7-8-16(13)14/h7-9,12,14,20H,4-6,10-11H2,1-3H3,(H,18,21)/t12-,14+/m1/s1. The van der Waals surface area contributed by atoms with Crippen LogP contribution in [0.3, 0.4) is 0 Å². The lowest BCUT2D eigenvalue weighted by molar-refractivity contribution is 0.157. The van der Waals surface area contributed by atoms with Gasteiger partial charge in [-0.05, 0) is 49.4 Å². The largest absolute Gasteiger partial charge is 0.497 e. The molecule has 0 radical (unpaired) electrons. The molecule has 0 fully saturated rings. The molecule has 1 aliphatic carbocycles. The summed E-state index contributed by atoms with van der Waals surface area (Å²) in [7, 11) is 3.39. The summed E-state index contributed by atoms with van der Waals surface area (Å²) in [6.07, 6.45) is 3.28. The number of ether oxygens (including phenoxy) is 1. The van der Waals surface area contributed by atoms with Crippen molar-refractivity contribution >= 4 is 6.03 Å². The number of carbonyl (C=O) groups excluding carboxylic acids is 1. The first-order valence-electron chi connectivity index (χ1n) is 7.85. The van der Waals surface area contributed by atoms with Gasteiger partial charge in [0.25, 0.3) is 0 Å². The molecule has 0 saturated heterocycles. The van der Waals surface area contributed by atoms with Crippen molar-refractivity contribution in [2.75, 3.05) is 27.3 Å². The Labute approximate surface area is 132 Å². The van der Waals surface area contributed by atoms with Crippen molar-refractivity contribution in [3.05, 3.63) is 29.3 Å². The third-order valence-corrected chi connectivity index (χ3v) is 4.53. The third kappa shape index (κ3) is 3.71. The number of hydrogen-bond donors (Lipinski definition) is 2. The summed E-state index contributed by atoms with van der Waals surface area (Å²) in [6, 6.07) is 5.89. The molecular formula is C17H26N2O3. The molecule has 0 aliphatic heterocycles. The number of carbonyl (C=O) groups is 1. The van der Waals surface area contributed by atoms with E-state index in [-0.39, 0.29) is 18.7 Å². The summed E-state index contributed by atoms with van der Waals surface area (Å²) in [5.41, 5.74) is 2.63. The van der Waals surface area contributed by atoms with Gasteiger partial charge in [-0.25, -0.2) is 4.79 Å². The molecule has 0 saturated carbocycles. The van der Waals surface area contributed by atoms with Gasteiger partial charge in [0, 0.05) is 19.5 Å². The summed E-state index contributed by atoms with van der Waals surface area (Å²) in [5.74, 6) is 1.23. The number of likely N-dealkylation sites (N-methyl/N-ethyl adjacent to an activating group) is 1. The van der Waals surface area contributed by atoms with Crippen molar-refractivity contribution in [1.82, 2.24) is 10.2 Å². The first kappa shape index (κ1) is 16.6. The van der Waals surface area contributed by atoms with Crippen molar-refractivity contribution in [2.45, 2.75) is 38.1 Å². The summed E-state index contributed by atoms with van der Waals surface area (Å²) in [6.45, 7) is 2.42. The lowest BCUT2D eigenvalue weighted by atomic mass is 9.82. The van der Waals surface area contributed by atoms with Crippen LogP contribution < -0.4 is 10.1 Å². The number of methoxy groups -OCH3 is 1. The number of aliphatic hydroxyl groups is 1. The van der Waals surface area contributed by atoms with E-state index in [0.29, 0.717) is 12.5 Å². The summed E-state index contributed by atoms with van der Waals surface area (Å²) < 4.78 is 5.28. The fourth-order valence-corrected chi connectivity index (χ4v) is 2.89. The Hall–Kier alpha value is -1.75. The monoisotopic (exact) mass is 306 g/mol. The second kappa shape index (κ2) is 7.49. The maximum absolute atomic E-state index is 12.1. The highest BCUT2D eigenvalue weighted by Crippen LogP contribution is 2.33. The number of rotatable bonds is 5. The molecule has 0 aromatic heterocycles. The molecular weight excluding hydrogens is 280 g/mol. The number of fused-ring (bicyclic) bond motifs is 1. The average molecular weight is 306 g/mol. The Morgan fingerprint density at radius 3 is 3.00 bits per heavy atom. The van der Waals surface area contributed by atoms with Gasteiger partial charge < -0.3 is 20.1 Å². The van der Waals surface area contributed by atoms with Gasteiger partial charge in [0.2, 0.25) is 0 Å². The van der Waals surface area contributed by atoms with Gasteiger partial charge in [-0.2, -0.15) is 0 Å². The topological polar surface area (TPSA) is 61.8 Å². The lowest BCUT2D eigenvalue weighted by Crippen LogP contribution is -2.45. The fourth-order valence-electron chi connectivity index (χ4n) is 2.89. The zero-order valence-electron chi connectivity index (χ0n) is 13.6. The average Bonchev–Trinajstić information content (AvgIpc) is 2.57. The Balaban J connectivity index is 1.99. The molecule has 0 spiro atoms. The zero-order chi connectivity index (χ0) is 16.1. The van der Waals surface area contributed by atoms with Gasteiger partial charge in [-0.1, -0.05) is 6.07 Å². The van der Waals surface area contributed by atoms with Crippen LogP contribution in [0.5, 0.6) is 5.75 Å². The number of nitrogens with zero attached hydrogens (tertiary/aromatic N) is 1. The lowest BCUT2D eigenvalue weighted by Gasteiger charge is -2.28. The number of hydrogen-bond acceptors (Lipinski definition) is 3. The number of benzene rings is 1. The van der Waals surface area contributed by atoms with E-state index in [0.717, 1.165) is 25.0 Å². The molecule has 0 unspecified atom stereocenters. The molecule has 2 amide bonds. The van der Waals surface area contributed by atoms with Crippen LogP contribution in [0.1, 0.15) is 36.8 Å². The smallest absolute Gasteiger partial charge is 0.317 e. The zero-order valence-corrected chi connectivity index (χ0v) is 13.6. The predicted molar refractivity (Wildman–Crippen MR) is 86.4 cm³/mol. The van der Waals surface area contributed by atoms with E-state index in [1.807, 2.05) is 13.0 Å². The SMILES string of the molecule is COc1ccc2c(c1)CCC[C@H]2CNC(=O)N(C)[C@H](C)CO. The Morgan fingerprint density at radius 2 is 2.32 bits per heavy atom. The molecule has 5 heteroatoms. The number of aliphatic hydroxyl groups excluding tert-OH is 1. The van der Waals surface area contributed by atoms with Crippen LogP contribution in [-0.4, -0.2) is 49.4 Å². The Kier molecular flexibility index (Phi) is 5.66. The van der Waals surface area contributed by atoms with Gasteiger partial charge in [0.1, 0.15) is 5.75 Å². The van der Waals surface area contributed by atoms with Crippen molar-refractivity contribution in [3.63, 3.8) is 0 Å². The van der Waals surface area contributed by atoms with Crippen LogP contribution in [0.4, 0.5) is 4.79 Å². The van der Waals surface area contributed by atoms with Crippen LogP contribution in [0.2, 0.25) is 0 Å². The van der Waals surface area contributed by atoms with Crippen LogP contribution in [-0.2, 0) is 6.42 Å². The highest BCUT2D eigenvalue weighted by atomic mass is 16.5. The second-order valence-corrected chi connectivity index (χ2v) is 5.98. The molecule has 1 aliphatic rings. The minimum atomic E-state index is -0.178. The van der Waals surface area contributed by atoms with E-state index < -0.39 is 0 Å². The fraction of sp³-hybridized carbons (Fsp3) is 0.588. The Morgan fingerprint density at radius 1 is 1.55 bits per heavy atom. The molecule has 122 valence electrons. The van der Waals surface area contributed by atoms with Gasteiger partial charge in [0.05, 0.1) is 19.8 Å². The second-order valence-electron chi connectivity index (χ2n) is 5.98. The maximum Gasteiger partial charge on any atom is 0.317 e. The molecule has 1 aromatic rings. The maximum atomic E-state index is 12.1. The number of urea groups is 1. The van der Waals surface area contributed by atoms with E-state index in [4.69, 9.17) is 9.84 Å². The molecule has 1 aromatic carbocycles. The van der Waals surface area contributed by atoms with Crippen LogP contribution in [0.15, 0.2) is 18.2 Å². The van der Waals surface area contributed by atoms with Gasteiger partial charge >= 0.3 is 6.03 Å². The molecule has 5 nitrogen and oxygen atoms in total. The van der Waals surface area contributed by atoms with Crippen LogP contribution in [0.25, 0.3) is 0 Å². The third-order valence-electron chi connectivity index (χ3n) is 4.53. The molecule has 2 atom stereocenters. The van der Waals surface area contributed by atoms with E-state index in [2.05, 4.69) is 17.4 Å². The minimum Gasteiger partial charge on any atom is -0.497 e. The predicted octanol–water partition coefficient (Wildman–Crippen LogP) is 2.14. The van der Waals surface area contributed by atoms with E-state index in [1.165, 1.54) is 16.0 Å². The van der Waals surface area contributed by atoms with E-state index in [1.54, 1.807) is 14.2 Å². The van der Waals surface area contributed by atoms with Gasteiger partial charge in [-0.3, -0.25) is 0 Å². The van der Waals surface area contributed by atoms with Crippen LogP contribution in [0, 0.1) is 0 Å². The van der Waals surface area contributed by atoms with E-state index in [9.17, 15) is 4.79 Å². The first-order valence-corrected chi connectivity index (χ1v) is 7.85. The number of aryl methyl sites for hydroxylation is 1. The first-order chi connectivity index (χ1) is 10.6. The highest BCUT2D eigenvalue weighted by molar-refractivity contribution is 5.74. The Bertz CT molecular complexity index is 519. The molecule has 22 heavy (non-hydrogen) atoms. The summed E-state index contributed by atoms with van der Waals surface area (Å²) >= 11 is 0. The highest BCUT2D eigenvalue weighted by Gasteiger charge is 2.22. The number of nitrogens with one attached hydrogen (secondary N) is 1. The quantitative estimate of drug-likeness (QED) is 0.876. The normalized spacial score (nSPS) is 18.3. The summed E-state index contributed by atoms with van der Waals surface area (Å²) in [4.78, 5) is 13.6. The summed E-state index contributed by atoms with van der Waals surface area (Å²) in [5, 5.41) is 12.1. The molecule has 0 heterocycles. The number of amides is 2. The molecule has 0 bridgehead atoms. The van der Waals surface area contributed by atoms with Crippen molar-refractivity contribution in [3.8, 4) is 5.75 Å².